The number of nitrogens with two attached hydrogens (primary N) is 1. The van der Waals surface area contributed by atoms with Crippen LogP contribution in [-0.2, 0) is 14.4 Å². The molecule has 0 atom stereocenters. The highest BCUT2D eigenvalue weighted by atomic mass is 16.4. The molecular weight excluding hydrogens is 268 g/mol. The van der Waals surface area contributed by atoms with Gasteiger partial charge in [0.15, 0.2) is 0 Å². The molecule has 0 bridgehead atoms. The maximum absolute atomic E-state index is 11.8. The Morgan fingerprint density at radius 3 is 2.20 bits per heavy atom. The summed E-state index contributed by atoms with van der Waals surface area (Å²) in [5.41, 5.74) is 5.04. The summed E-state index contributed by atoms with van der Waals surface area (Å²) in [4.78, 5) is 45.3. The first-order chi connectivity index (χ1) is 9.22. The van der Waals surface area contributed by atoms with Gasteiger partial charge in [-0.2, -0.15) is 0 Å². The maximum atomic E-state index is 11.8. The van der Waals surface area contributed by atoms with Gasteiger partial charge in [0.2, 0.25) is 11.8 Å². The van der Waals surface area contributed by atoms with Crippen LogP contribution < -0.4 is 16.4 Å². The number of carboxylic acid groups (broad SMARTS) is 1. The lowest BCUT2D eigenvalue weighted by atomic mass is 10.2. The minimum absolute atomic E-state index is 0.126. The summed E-state index contributed by atoms with van der Waals surface area (Å²) in [5, 5.41) is 12.8. The summed E-state index contributed by atoms with van der Waals surface area (Å²) in [6.45, 7) is 2.89. The Bertz CT molecular complexity index is 383. The van der Waals surface area contributed by atoms with Crippen molar-refractivity contribution in [1.29, 1.82) is 0 Å². The molecule has 5 N–H and O–H groups in total. The summed E-state index contributed by atoms with van der Waals surface area (Å²) >= 11 is 0. The molecule has 0 aliphatic rings. The van der Waals surface area contributed by atoms with Gasteiger partial charge in [-0.05, 0) is 5.92 Å². The average molecular weight is 288 g/mol. The van der Waals surface area contributed by atoms with Gasteiger partial charge in [-0.1, -0.05) is 13.8 Å². The highest BCUT2D eigenvalue weighted by Crippen LogP contribution is 1.98. The minimum Gasteiger partial charge on any atom is -0.480 e. The van der Waals surface area contributed by atoms with Crippen LogP contribution in [-0.4, -0.2) is 60.0 Å². The molecule has 20 heavy (non-hydrogen) atoms. The molecule has 0 rings (SSSR count). The second kappa shape index (κ2) is 8.73. The lowest BCUT2D eigenvalue weighted by Crippen LogP contribution is -2.48. The molecule has 4 amide bonds. The van der Waals surface area contributed by atoms with E-state index in [0.717, 1.165) is 0 Å². The molecule has 0 aromatic heterocycles. The molecule has 0 saturated carbocycles. The third-order valence-electron chi connectivity index (χ3n) is 2.06. The number of hydrogen-bond acceptors (Lipinski definition) is 4. The topological polar surface area (TPSA) is 142 Å². The van der Waals surface area contributed by atoms with E-state index in [1.165, 1.54) is 4.90 Å². The molecule has 9 nitrogen and oxygen atoms in total. The van der Waals surface area contributed by atoms with Gasteiger partial charge < -0.3 is 26.4 Å². The first-order valence-corrected chi connectivity index (χ1v) is 6.02. The van der Waals surface area contributed by atoms with E-state index in [4.69, 9.17) is 10.8 Å². The largest absolute Gasteiger partial charge is 0.480 e. The predicted octanol–water partition coefficient (Wildman–Crippen LogP) is -1.66. The average Bonchev–Trinajstić information content (AvgIpc) is 2.31. The third kappa shape index (κ3) is 8.72. The maximum Gasteiger partial charge on any atom is 0.322 e. The zero-order chi connectivity index (χ0) is 15.7. The smallest absolute Gasteiger partial charge is 0.322 e. The van der Waals surface area contributed by atoms with Gasteiger partial charge in [-0.25, -0.2) is 4.79 Å². The van der Waals surface area contributed by atoms with E-state index in [1.807, 2.05) is 13.8 Å². The Labute approximate surface area is 116 Å². The van der Waals surface area contributed by atoms with E-state index in [2.05, 4.69) is 10.6 Å². The molecule has 0 fully saturated rings. The van der Waals surface area contributed by atoms with Crippen molar-refractivity contribution >= 4 is 23.8 Å². The van der Waals surface area contributed by atoms with E-state index in [1.54, 1.807) is 0 Å². The fourth-order valence-corrected chi connectivity index (χ4v) is 1.35. The van der Waals surface area contributed by atoms with Gasteiger partial charge >= 0.3 is 12.0 Å². The van der Waals surface area contributed by atoms with E-state index >= 15 is 0 Å². The first kappa shape index (κ1) is 17.7. The van der Waals surface area contributed by atoms with Crippen molar-refractivity contribution in [2.45, 2.75) is 13.8 Å². The summed E-state index contributed by atoms with van der Waals surface area (Å²) in [6, 6.07) is -0.608. The zero-order valence-corrected chi connectivity index (χ0v) is 11.5. The Morgan fingerprint density at radius 2 is 1.75 bits per heavy atom. The molecular formula is C11H20N4O5. The van der Waals surface area contributed by atoms with Crippen LogP contribution in [0.25, 0.3) is 0 Å². The van der Waals surface area contributed by atoms with E-state index in [0.29, 0.717) is 6.54 Å². The monoisotopic (exact) mass is 288 g/mol. The molecule has 9 heteroatoms. The third-order valence-corrected chi connectivity index (χ3v) is 2.06. The van der Waals surface area contributed by atoms with Crippen molar-refractivity contribution in [1.82, 2.24) is 15.5 Å². The number of nitrogens with one attached hydrogen (secondary N) is 2. The second-order valence-electron chi connectivity index (χ2n) is 4.57. The second-order valence-corrected chi connectivity index (χ2v) is 4.57. The Morgan fingerprint density at radius 1 is 1.15 bits per heavy atom. The molecule has 114 valence electrons. The Kier molecular flexibility index (Phi) is 7.71. The Hall–Kier alpha value is -2.32. The van der Waals surface area contributed by atoms with Crippen LogP contribution in [0.5, 0.6) is 0 Å². The molecule has 0 aliphatic heterocycles. The highest BCUT2D eigenvalue weighted by molar-refractivity contribution is 5.87. The van der Waals surface area contributed by atoms with Crippen LogP contribution >= 0.6 is 0 Å². The fourth-order valence-electron chi connectivity index (χ4n) is 1.35. The number of amides is 4. The van der Waals surface area contributed by atoms with Gasteiger partial charge in [0.1, 0.15) is 13.1 Å². The molecule has 0 aromatic carbocycles. The van der Waals surface area contributed by atoms with E-state index in [-0.39, 0.29) is 19.0 Å². The first-order valence-electron chi connectivity index (χ1n) is 6.02. The van der Waals surface area contributed by atoms with Gasteiger partial charge in [-0.15, -0.1) is 0 Å². The molecule has 0 aliphatic carbocycles. The van der Waals surface area contributed by atoms with Gasteiger partial charge in [-0.3, -0.25) is 14.4 Å². The lowest BCUT2D eigenvalue weighted by Gasteiger charge is -2.23. The number of carbonyl (C=O) groups is 4. The van der Waals surface area contributed by atoms with Crippen LogP contribution in [0.3, 0.4) is 0 Å². The summed E-state index contributed by atoms with van der Waals surface area (Å²) in [6.07, 6.45) is 0. The normalized spacial score (nSPS) is 9.95. The Balaban J connectivity index is 4.27. The number of urea groups is 1. The van der Waals surface area contributed by atoms with Crippen molar-refractivity contribution in [3.8, 4) is 0 Å². The number of carbonyl (C=O) groups excluding carboxylic acids is 3. The number of hydrogen-bond donors (Lipinski definition) is 4. The number of rotatable bonds is 8. The van der Waals surface area contributed by atoms with Crippen molar-refractivity contribution in [2.75, 3.05) is 26.2 Å². The van der Waals surface area contributed by atoms with Crippen LogP contribution in [0.4, 0.5) is 4.79 Å². The number of nitrogens with zero attached hydrogens (tertiary/aromatic N) is 1. The summed E-state index contributed by atoms with van der Waals surface area (Å²) in [7, 11) is 0. The van der Waals surface area contributed by atoms with Crippen molar-refractivity contribution in [2.24, 2.45) is 11.7 Å². The fraction of sp³-hybridized carbons (Fsp3) is 0.636. The number of aliphatic carboxylic acids is 1. The van der Waals surface area contributed by atoms with Gasteiger partial charge in [0, 0.05) is 6.54 Å². The molecule has 0 aromatic rings. The molecule has 0 unspecified atom stereocenters. The number of carboxylic acids is 1. The number of primary amides is 1. The van der Waals surface area contributed by atoms with E-state index in [9.17, 15) is 19.2 Å². The minimum atomic E-state index is -1.18. The molecule has 0 heterocycles. The van der Waals surface area contributed by atoms with Crippen LogP contribution in [0.2, 0.25) is 0 Å². The van der Waals surface area contributed by atoms with Gasteiger partial charge in [0.25, 0.3) is 0 Å². The molecule has 0 saturated heterocycles. The zero-order valence-electron chi connectivity index (χ0n) is 11.5. The standard InChI is InChI=1S/C11H20N4O5/c1-7(2)5-15(6-8(12)16)11(20)14-3-9(17)13-4-10(18)19/h7H,3-6H2,1-2H3,(H2,12,16)(H,13,17)(H,14,20)(H,18,19). The lowest BCUT2D eigenvalue weighted by molar-refractivity contribution is -0.137. The molecule has 0 spiro atoms. The van der Waals surface area contributed by atoms with Crippen molar-refractivity contribution < 1.29 is 24.3 Å². The van der Waals surface area contributed by atoms with Crippen molar-refractivity contribution in [3.63, 3.8) is 0 Å². The quantitative estimate of drug-likeness (QED) is 0.423. The SMILES string of the molecule is CC(C)CN(CC(N)=O)C(=O)NCC(=O)NCC(=O)O. The van der Waals surface area contributed by atoms with E-state index < -0.39 is 30.4 Å². The predicted molar refractivity (Wildman–Crippen MR) is 69.6 cm³/mol. The summed E-state index contributed by atoms with van der Waals surface area (Å²) in [5.74, 6) is -2.35. The highest BCUT2D eigenvalue weighted by Gasteiger charge is 2.17. The van der Waals surface area contributed by atoms with Gasteiger partial charge in [0.05, 0.1) is 6.54 Å². The van der Waals surface area contributed by atoms with Crippen LogP contribution in [0.1, 0.15) is 13.8 Å². The van der Waals surface area contributed by atoms with Crippen LogP contribution in [0.15, 0.2) is 0 Å². The summed E-state index contributed by atoms with van der Waals surface area (Å²) < 4.78 is 0. The van der Waals surface area contributed by atoms with Crippen molar-refractivity contribution in [3.05, 3.63) is 0 Å². The molecule has 0 radical (unpaired) electrons. The van der Waals surface area contributed by atoms with Crippen LogP contribution in [0, 0.1) is 5.92 Å².